The number of carbonyl (C=O) groups excluding carboxylic acids is 1. The molecule has 0 spiro atoms. The van der Waals surface area contributed by atoms with Crippen molar-refractivity contribution in [1.29, 1.82) is 10.5 Å². The number of hydrogen-bond donors (Lipinski definition) is 3. The maximum atomic E-state index is 13.9. The summed E-state index contributed by atoms with van der Waals surface area (Å²) in [7, 11) is 0. The summed E-state index contributed by atoms with van der Waals surface area (Å²) < 4.78 is 19.4. The van der Waals surface area contributed by atoms with E-state index in [1.807, 2.05) is 25.1 Å². The minimum atomic E-state index is -0.648. The molecule has 9 heteroatoms. The molecule has 0 saturated heterocycles. The molecule has 7 nitrogen and oxygen atoms in total. The average molecular weight is 474 g/mol. The molecule has 3 aromatic carbocycles. The van der Waals surface area contributed by atoms with Crippen LogP contribution in [-0.4, -0.2) is 17.6 Å². The molecule has 1 unspecified atom stereocenters. The van der Waals surface area contributed by atoms with Gasteiger partial charge in [0.05, 0.1) is 28.9 Å². The van der Waals surface area contributed by atoms with Gasteiger partial charge in [0.1, 0.15) is 17.6 Å². The fourth-order valence-electron chi connectivity index (χ4n) is 3.06. The zero-order chi connectivity index (χ0) is 24.5. The quantitative estimate of drug-likeness (QED) is 0.419. The Morgan fingerprint density at radius 2 is 1.82 bits per heavy atom. The molecular formula is C25H20FN5O2S. The largest absolute Gasteiger partial charge is 0.476 e. The predicted molar refractivity (Wildman–Crippen MR) is 131 cm³/mol. The minimum absolute atomic E-state index is 0.113. The van der Waals surface area contributed by atoms with Crippen molar-refractivity contribution in [2.24, 2.45) is 0 Å². The maximum Gasteiger partial charge on any atom is 0.258 e. The van der Waals surface area contributed by atoms with E-state index in [4.69, 9.17) is 27.5 Å². The van der Waals surface area contributed by atoms with E-state index in [0.717, 1.165) is 5.56 Å². The van der Waals surface area contributed by atoms with Crippen LogP contribution >= 0.6 is 12.2 Å². The third kappa shape index (κ3) is 6.28. The lowest BCUT2D eigenvalue weighted by Gasteiger charge is -2.18. The van der Waals surface area contributed by atoms with Crippen LogP contribution in [-0.2, 0) is 0 Å². The Labute approximate surface area is 201 Å². The minimum Gasteiger partial charge on any atom is -0.476 e. The van der Waals surface area contributed by atoms with Gasteiger partial charge in [-0.15, -0.1) is 0 Å². The fraction of sp³-hybridized carbons (Fsp3) is 0.120. The van der Waals surface area contributed by atoms with Gasteiger partial charge in [0, 0.05) is 11.8 Å². The molecule has 0 radical (unpaired) electrons. The Balaban J connectivity index is 1.71. The number of anilines is 2. The van der Waals surface area contributed by atoms with Crippen LogP contribution in [0.25, 0.3) is 0 Å². The highest BCUT2D eigenvalue weighted by Crippen LogP contribution is 2.29. The highest BCUT2D eigenvalue weighted by Gasteiger charge is 2.15. The van der Waals surface area contributed by atoms with E-state index in [0.29, 0.717) is 16.4 Å². The first-order valence-corrected chi connectivity index (χ1v) is 10.6. The molecule has 0 aliphatic carbocycles. The molecule has 0 heterocycles. The first-order chi connectivity index (χ1) is 16.4. The van der Waals surface area contributed by atoms with Crippen molar-refractivity contribution in [3.63, 3.8) is 0 Å². The first kappa shape index (κ1) is 24.2. The van der Waals surface area contributed by atoms with Gasteiger partial charge in [-0.05, 0) is 61.1 Å². The smallest absolute Gasteiger partial charge is 0.258 e. The molecule has 34 heavy (non-hydrogen) atoms. The number of hydrogen-bond acceptors (Lipinski definition) is 5. The number of carbonyl (C=O) groups is 1. The number of amides is 1. The molecule has 0 fully saturated rings. The van der Waals surface area contributed by atoms with E-state index < -0.39 is 11.7 Å². The Bertz CT molecular complexity index is 1280. The molecule has 3 rings (SSSR count). The third-order valence-corrected chi connectivity index (χ3v) is 5.01. The average Bonchev–Trinajstić information content (AvgIpc) is 2.84. The Hall–Kier alpha value is -4.47. The van der Waals surface area contributed by atoms with Gasteiger partial charge in [0.15, 0.2) is 11.7 Å². The van der Waals surface area contributed by atoms with Crippen LogP contribution in [0.15, 0.2) is 66.7 Å². The van der Waals surface area contributed by atoms with Gasteiger partial charge in [-0.1, -0.05) is 24.3 Å². The second kappa shape index (κ2) is 11.4. The second-order valence-electron chi connectivity index (χ2n) is 7.15. The summed E-state index contributed by atoms with van der Waals surface area (Å²) in [5, 5.41) is 27.0. The second-order valence-corrected chi connectivity index (χ2v) is 7.55. The number of rotatable bonds is 7. The van der Waals surface area contributed by atoms with Gasteiger partial charge in [-0.3, -0.25) is 4.79 Å². The molecule has 0 aliphatic heterocycles. The number of halogens is 1. The zero-order valence-electron chi connectivity index (χ0n) is 18.1. The highest BCUT2D eigenvalue weighted by molar-refractivity contribution is 7.80. The SMILES string of the molecule is CC(NC(=S)Nc1ccc(NC(=O)c2ccccc2F)c(OCC#N)c1)c1ccc(C#N)cc1. The van der Waals surface area contributed by atoms with Gasteiger partial charge in [0.25, 0.3) is 5.91 Å². The van der Waals surface area contributed by atoms with Crippen LogP contribution in [0.3, 0.4) is 0 Å². The molecule has 1 atom stereocenters. The standard InChI is InChI=1S/C25H20FN5O2S/c1-16(18-8-6-17(15-28)7-9-18)29-25(34)30-19-10-11-22(23(14-19)33-13-12-27)31-24(32)20-4-2-3-5-21(20)26/h2-11,14,16H,13H2,1H3,(H,31,32)(H2,29,30,34). The van der Waals surface area contributed by atoms with Crippen molar-refractivity contribution in [2.45, 2.75) is 13.0 Å². The van der Waals surface area contributed by atoms with Crippen molar-refractivity contribution in [1.82, 2.24) is 5.32 Å². The number of thiocarbonyl (C=S) groups is 1. The highest BCUT2D eigenvalue weighted by atomic mass is 32.1. The van der Waals surface area contributed by atoms with Crippen molar-refractivity contribution in [3.8, 4) is 17.9 Å². The summed E-state index contributed by atoms with van der Waals surface area (Å²) in [6, 6.07) is 21.4. The molecule has 3 N–H and O–H groups in total. The van der Waals surface area contributed by atoms with Crippen LogP contribution < -0.4 is 20.7 Å². The molecule has 0 saturated carbocycles. The van der Waals surface area contributed by atoms with Crippen molar-refractivity contribution in [3.05, 3.63) is 89.2 Å². The van der Waals surface area contributed by atoms with E-state index in [1.165, 1.54) is 18.2 Å². The van der Waals surface area contributed by atoms with E-state index >= 15 is 0 Å². The lowest BCUT2D eigenvalue weighted by Crippen LogP contribution is -2.30. The fourth-order valence-corrected chi connectivity index (χ4v) is 3.36. The molecule has 0 aliphatic rings. The lowest BCUT2D eigenvalue weighted by atomic mass is 10.1. The van der Waals surface area contributed by atoms with Crippen LogP contribution in [0, 0.1) is 28.5 Å². The van der Waals surface area contributed by atoms with Crippen LogP contribution in [0.2, 0.25) is 0 Å². The number of nitrogens with one attached hydrogen (secondary N) is 3. The van der Waals surface area contributed by atoms with Crippen LogP contribution in [0.4, 0.5) is 15.8 Å². The Morgan fingerprint density at radius 3 is 2.50 bits per heavy atom. The van der Waals surface area contributed by atoms with Crippen molar-refractivity contribution >= 4 is 34.6 Å². The van der Waals surface area contributed by atoms with Crippen LogP contribution in [0.5, 0.6) is 5.75 Å². The van der Waals surface area contributed by atoms with Crippen LogP contribution in [0.1, 0.15) is 34.5 Å². The molecule has 1 amide bonds. The number of ether oxygens (including phenoxy) is 1. The monoisotopic (exact) mass is 473 g/mol. The predicted octanol–water partition coefficient (Wildman–Crippen LogP) is 4.90. The van der Waals surface area contributed by atoms with E-state index in [2.05, 4.69) is 22.0 Å². The summed E-state index contributed by atoms with van der Waals surface area (Å²) in [6.07, 6.45) is 0. The third-order valence-electron chi connectivity index (χ3n) is 4.79. The number of nitrogens with zero attached hydrogens (tertiary/aromatic N) is 2. The van der Waals surface area contributed by atoms with E-state index in [-0.39, 0.29) is 29.6 Å². The topological polar surface area (TPSA) is 110 Å². The summed E-state index contributed by atoms with van der Waals surface area (Å²) in [5.74, 6) is -1.07. The normalized spacial score (nSPS) is 10.8. The Kier molecular flexibility index (Phi) is 8.11. The summed E-state index contributed by atoms with van der Waals surface area (Å²) in [5.41, 5.74) is 2.24. The number of benzene rings is 3. The summed E-state index contributed by atoms with van der Waals surface area (Å²) in [6.45, 7) is 1.68. The molecular weight excluding hydrogens is 453 g/mol. The summed E-state index contributed by atoms with van der Waals surface area (Å²) >= 11 is 5.39. The Morgan fingerprint density at radius 1 is 1.09 bits per heavy atom. The van der Waals surface area contributed by atoms with Gasteiger partial charge < -0.3 is 20.7 Å². The number of nitriles is 2. The first-order valence-electron chi connectivity index (χ1n) is 10.2. The van der Waals surface area contributed by atoms with E-state index in [1.54, 1.807) is 36.4 Å². The lowest BCUT2D eigenvalue weighted by molar-refractivity contribution is 0.102. The van der Waals surface area contributed by atoms with E-state index in [9.17, 15) is 9.18 Å². The van der Waals surface area contributed by atoms with Gasteiger partial charge in [0.2, 0.25) is 0 Å². The molecule has 170 valence electrons. The summed E-state index contributed by atoms with van der Waals surface area (Å²) in [4.78, 5) is 12.5. The van der Waals surface area contributed by atoms with Crippen molar-refractivity contribution in [2.75, 3.05) is 17.2 Å². The van der Waals surface area contributed by atoms with Crippen molar-refractivity contribution < 1.29 is 13.9 Å². The van der Waals surface area contributed by atoms with Gasteiger partial charge >= 0.3 is 0 Å². The maximum absolute atomic E-state index is 13.9. The molecule has 0 bridgehead atoms. The zero-order valence-corrected chi connectivity index (χ0v) is 18.9. The van der Waals surface area contributed by atoms with Gasteiger partial charge in [-0.25, -0.2) is 4.39 Å². The van der Waals surface area contributed by atoms with Gasteiger partial charge in [-0.2, -0.15) is 10.5 Å². The molecule has 3 aromatic rings. The molecule has 0 aromatic heterocycles.